The molecule has 0 spiro atoms. The van der Waals surface area contributed by atoms with Crippen LogP contribution in [0, 0.1) is 5.82 Å². The van der Waals surface area contributed by atoms with Crippen molar-refractivity contribution in [3.63, 3.8) is 0 Å². The van der Waals surface area contributed by atoms with Gasteiger partial charge in [0.05, 0.1) is 10.0 Å². The third-order valence-corrected chi connectivity index (χ3v) is 3.43. The van der Waals surface area contributed by atoms with Crippen LogP contribution < -0.4 is 10.5 Å². The van der Waals surface area contributed by atoms with Gasteiger partial charge in [0.1, 0.15) is 22.3 Å². The molecule has 0 bridgehead atoms. The van der Waals surface area contributed by atoms with E-state index in [1.807, 2.05) is 0 Å². The predicted octanol–water partition coefficient (Wildman–Crippen LogP) is 4.67. The predicted molar refractivity (Wildman–Crippen MR) is 81.5 cm³/mol. The zero-order chi connectivity index (χ0) is 14.0. The Morgan fingerprint density at radius 1 is 1.21 bits per heavy atom. The van der Waals surface area contributed by atoms with Crippen LogP contribution in [0.2, 0.25) is 5.02 Å². The third-order valence-electron chi connectivity index (χ3n) is 2.32. The van der Waals surface area contributed by atoms with Gasteiger partial charge in [0, 0.05) is 11.1 Å². The molecule has 2 rings (SSSR count). The highest BCUT2D eigenvalue weighted by Gasteiger charge is 2.11. The van der Waals surface area contributed by atoms with Crippen LogP contribution in [0.4, 0.5) is 4.39 Å². The van der Waals surface area contributed by atoms with E-state index < -0.39 is 5.82 Å². The molecule has 2 N–H and O–H groups in total. The molecule has 0 aliphatic heterocycles. The summed E-state index contributed by atoms with van der Waals surface area (Å²) in [6, 6.07) is 9.03. The van der Waals surface area contributed by atoms with E-state index in [4.69, 9.17) is 34.3 Å². The summed E-state index contributed by atoms with van der Waals surface area (Å²) in [5.74, 6) is 0.354. The summed E-state index contributed by atoms with van der Waals surface area (Å²) in [4.78, 5) is 0.157. The van der Waals surface area contributed by atoms with Gasteiger partial charge in [-0.1, -0.05) is 23.8 Å². The van der Waals surface area contributed by atoms with Gasteiger partial charge < -0.3 is 10.5 Å². The highest BCUT2D eigenvalue weighted by atomic mass is 79.9. The fraction of sp³-hybridized carbons (Fsp3) is 0. The van der Waals surface area contributed by atoms with Crippen molar-refractivity contribution in [2.45, 2.75) is 0 Å². The van der Waals surface area contributed by atoms with E-state index in [0.717, 1.165) is 0 Å². The quantitative estimate of drug-likeness (QED) is 0.808. The van der Waals surface area contributed by atoms with E-state index in [-0.39, 0.29) is 4.99 Å². The number of ether oxygens (including phenoxy) is 1. The number of hydrogen-bond acceptors (Lipinski definition) is 2. The third kappa shape index (κ3) is 3.43. The van der Waals surface area contributed by atoms with Crippen LogP contribution in [-0.4, -0.2) is 4.99 Å². The monoisotopic (exact) mass is 359 g/mol. The summed E-state index contributed by atoms with van der Waals surface area (Å²) in [5.41, 5.74) is 6.11. The number of benzene rings is 2. The van der Waals surface area contributed by atoms with Gasteiger partial charge >= 0.3 is 0 Å². The number of nitrogens with two attached hydrogens (primary N) is 1. The van der Waals surface area contributed by atoms with Gasteiger partial charge in [-0.15, -0.1) is 0 Å². The number of rotatable bonds is 3. The van der Waals surface area contributed by atoms with Crippen LogP contribution in [0.15, 0.2) is 40.9 Å². The molecule has 2 aromatic carbocycles. The molecule has 0 fully saturated rings. The second-order valence-corrected chi connectivity index (χ2v) is 5.41. The van der Waals surface area contributed by atoms with Crippen LogP contribution in [-0.2, 0) is 0 Å². The van der Waals surface area contributed by atoms with Crippen LogP contribution in [0.1, 0.15) is 5.56 Å². The molecule has 0 radical (unpaired) electrons. The van der Waals surface area contributed by atoms with Gasteiger partial charge in [0.2, 0.25) is 0 Å². The fourth-order valence-electron chi connectivity index (χ4n) is 1.46. The first-order valence-electron chi connectivity index (χ1n) is 5.19. The fourth-order valence-corrected chi connectivity index (χ4v) is 2.12. The summed E-state index contributed by atoms with van der Waals surface area (Å²) in [5, 5.41) is 0.494. The summed E-state index contributed by atoms with van der Waals surface area (Å²) in [7, 11) is 0. The molecule has 6 heteroatoms. The first-order chi connectivity index (χ1) is 8.97. The van der Waals surface area contributed by atoms with E-state index in [1.54, 1.807) is 24.3 Å². The number of hydrogen-bond donors (Lipinski definition) is 1. The zero-order valence-corrected chi connectivity index (χ0v) is 12.7. The Hall–Kier alpha value is -1.17. The maximum Gasteiger partial charge on any atom is 0.144 e. The van der Waals surface area contributed by atoms with Gasteiger partial charge in [0.15, 0.2) is 0 Å². The lowest BCUT2D eigenvalue weighted by Crippen LogP contribution is -2.10. The smallest absolute Gasteiger partial charge is 0.144 e. The first kappa shape index (κ1) is 14.2. The maximum absolute atomic E-state index is 13.2. The van der Waals surface area contributed by atoms with Gasteiger partial charge in [-0.2, -0.15) is 0 Å². The normalized spacial score (nSPS) is 10.3. The molecule has 0 aliphatic rings. The van der Waals surface area contributed by atoms with Crippen molar-refractivity contribution in [3.05, 3.63) is 57.3 Å². The minimum atomic E-state index is -0.399. The van der Waals surface area contributed by atoms with Crippen molar-refractivity contribution in [3.8, 4) is 11.5 Å². The van der Waals surface area contributed by atoms with Gasteiger partial charge in [-0.25, -0.2) is 4.39 Å². The highest BCUT2D eigenvalue weighted by Crippen LogP contribution is 2.33. The Morgan fingerprint density at radius 3 is 2.63 bits per heavy atom. The molecule has 2 aromatic rings. The Labute approximate surface area is 128 Å². The van der Waals surface area contributed by atoms with Crippen molar-refractivity contribution in [1.82, 2.24) is 0 Å². The van der Waals surface area contributed by atoms with Crippen LogP contribution in [0.3, 0.4) is 0 Å². The maximum atomic E-state index is 13.2. The average molecular weight is 361 g/mol. The second kappa shape index (κ2) is 5.86. The van der Waals surface area contributed by atoms with E-state index in [2.05, 4.69) is 15.9 Å². The molecule has 0 unspecified atom stereocenters. The highest BCUT2D eigenvalue weighted by molar-refractivity contribution is 9.10. The molecule has 0 amide bonds. The van der Waals surface area contributed by atoms with Crippen molar-refractivity contribution in [2.24, 2.45) is 5.73 Å². The number of halogens is 3. The minimum absolute atomic E-state index is 0.157. The second-order valence-electron chi connectivity index (χ2n) is 3.68. The molecular formula is C13H8BrClFNOS. The van der Waals surface area contributed by atoms with Crippen LogP contribution in [0.25, 0.3) is 0 Å². The molecular weight excluding hydrogens is 353 g/mol. The molecule has 0 saturated heterocycles. The van der Waals surface area contributed by atoms with Gasteiger partial charge in [-0.05, 0) is 46.3 Å². The Morgan fingerprint density at radius 2 is 1.95 bits per heavy atom. The van der Waals surface area contributed by atoms with Crippen molar-refractivity contribution < 1.29 is 9.13 Å². The lowest BCUT2D eigenvalue weighted by atomic mass is 10.2. The average Bonchev–Trinajstić information content (AvgIpc) is 2.35. The topological polar surface area (TPSA) is 35.2 Å². The largest absolute Gasteiger partial charge is 0.455 e. The SMILES string of the molecule is NC(=S)c1cc(Cl)ccc1Oc1cc(F)ccc1Br. The van der Waals surface area contributed by atoms with E-state index in [9.17, 15) is 4.39 Å². The van der Waals surface area contributed by atoms with E-state index in [1.165, 1.54) is 12.1 Å². The van der Waals surface area contributed by atoms with E-state index >= 15 is 0 Å². The molecule has 98 valence electrons. The summed E-state index contributed by atoms with van der Waals surface area (Å²) >= 11 is 14.1. The van der Waals surface area contributed by atoms with Crippen molar-refractivity contribution in [1.29, 1.82) is 0 Å². The van der Waals surface area contributed by atoms with Crippen LogP contribution >= 0.6 is 39.7 Å². The molecule has 0 aromatic heterocycles. The molecule has 0 atom stereocenters. The molecule has 0 saturated carbocycles. The Balaban J connectivity index is 2.43. The minimum Gasteiger partial charge on any atom is -0.455 e. The molecule has 19 heavy (non-hydrogen) atoms. The van der Waals surface area contributed by atoms with Crippen molar-refractivity contribution >= 4 is 44.7 Å². The molecule has 0 heterocycles. The zero-order valence-electron chi connectivity index (χ0n) is 9.49. The lowest BCUT2D eigenvalue weighted by Gasteiger charge is -2.12. The Kier molecular flexibility index (Phi) is 4.39. The molecule has 2 nitrogen and oxygen atoms in total. The van der Waals surface area contributed by atoms with Gasteiger partial charge in [0.25, 0.3) is 0 Å². The summed E-state index contributed by atoms with van der Waals surface area (Å²) < 4.78 is 19.4. The van der Waals surface area contributed by atoms with Gasteiger partial charge in [-0.3, -0.25) is 0 Å². The van der Waals surface area contributed by atoms with Crippen molar-refractivity contribution in [2.75, 3.05) is 0 Å². The number of thiocarbonyl (C=S) groups is 1. The first-order valence-corrected chi connectivity index (χ1v) is 6.77. The van der Waals surface area contributed by atoms with Crippen LogP contribution in [0.5, 0.6) is 11.5 Å². The molecule has 0 aliphatic carbocycles. The summed E-state index contributed by atoms with van der Waals surface area (Å²) in [6.07, 6.45) is 0. The lowest BCUT2D eigenvalue weighted by molar-refractivity contribution is 0.473. The Bertz CT molecular complexity index is 651. The standard InChI is InChI=1S/C13H8BrClFNOS/c14-10-3-2-8(16)6-12(10)18-11-4-1-7(15)5-9(11)13(17)19/h1-6H,(H2,17,19). The van der Waals surface area contributed by atoms with E-state index in [0.29, 0.717) is 26.6 Å². The summed E-state index contributed by atoms with van der Waals surface area (Å²) in [6.45, 7) is 0.